The van der Waals surface area contributed by atoms with E-state index in [1.54, 1.807) is 6.20 Å². The van der Waals surface area contributed by atoms with Gasteiger partial charge in [0.1, 0.15) is 5.65 Å². The lowest BCUT2D eigenvalue weighted by molar-refractivity contribution is 0.0969. The Hall–Kier alpha value is -2.46. The van der Waals surface area contributed by atoms with E-state index in [9.17, 15) is 4.79 Å². The molecule has 0 radical (unpaired) electrons. The molecule has 0 atom stereocenters. The van der Waals surface area contributed by atoms with E-state index in [4.69, 9.17) is 5.73 Å². The van der Waals surface area contributed by atoms with Crippen molar-refractivity contribution >= 4 is 16.8 Å². The first kappa shape index (κ1) is 13.9. The summed E-state index contributed by atoms with van der Waals surface area (Å²) in [6.45, 7) is 0. The molecule has 1 aromatic carbocycles. The lowest BCUT2D eigenvalue weighted by atomic mass is 9.99. The van der Waals surface area contributed by atoms with Gasteiger partial charge in [-0.2, -0.15) is 0 Å². The van der Waals surface area contributed by atoms with E-state index in [2.05, 4.69) is 40.3 Å². The highest BCUT2D eigenvalue weighted by atomic mass is 16.1. The summed E-state index contributed by atoms with van der Waals surface area (Å²) in [6.07, 6.45) is 7.82. The molecule has 0 amide bonds. The fourth-order valence-corrected chi connectivity index (χ4v) is 3.35. The molecule has 4 heteroatoms. The third kappa shape index (κ3) is 2.18. The van der Waals surface area contributed by atoms with Crippen LogP contribution in [-0.2, 0) is 5.54 Å². The van der Waals surface area contributed by atoms with Gasteiger partial charge in [0, 0.05) is 40.4 Å². The molecule has 4 nitrogen and oxygen atoms in total. The number of ketones is 1. The van der Waals surface area contributed by atoms with Crippen LogP contribution in [0.5, 0.6) is 0 Å². The summed E-state index contributed by atoms with van der Waals surface area (Å²) in [5.74, 6) is 0.459. The fraction of sp³-hybridized carbons (Fsp3) is 0.300. The van der Waals surface area contributed by atoms with Gasteiger partial charge in [-0.3, -0.25) is 4.79 Å². The van der Waals surface area contributed by atoms with Crippen LogP contribution in [0.15, 0.2) is 42.7 Å². The van der Waals surface area contributed by atoms with E-state index in [0.717, 1.165) is 53.4 Å². The van der Waals surface area contributed by atoms with E-state index in [1.807, 2.05) is 6.20 Å². The number of pyridine rings is 1. The van der Waals surface area contributed by atoms with Crippen molar-refractivity contribution in [1.29, 1.82) is 0 Å². The number of nitrogens with zero attached hydrogens (tertiary/aromatic N) is 1. The second-order valence-corrected chi connectivity index (χ2v) is 7.19. The van der Waals surface area contributed by atoms with Crippen molar-refractivity contribution in [2.24, 2.45) is 11.7 Å². The predicted molar refractivity (Wildman–Crippen MR) is 93.7 cm³/mol. The SMILES string of the molecule is NC1(c2ccc(-c3cnc4[nH]cc(C(=O)C5CC5)c4c3)cc2)CC1. The predicted octanol–water partition coefficient (Wildman–Crippen LogP) is 3.77. The van der Waals surface area contributed by atoms with Gasteiger partial charge in [0.15, 0.2) is 5.78 Å². The molecule has 3 aromatic rings. The number of carbonyl (C=O) groups is 1. The van der Waals surface area contributed by atoms with Crippen molar-refractivity contribution in [3.05, 3.63) is 53.9 Å². The van der Waals surface area contributed by atoms with Gasteiger partial charge in [-0.25, -0.2) is 4.98 Å². The van der Waals surface area contributed by atoms with Crippen LogP contribution in [0.2, 0.25) is 0 Å². The lowest BCUT2D eigenvalue weighted by Crippen LogP contribution is -2.18. The minimum absolute atomic E-state index is 0.106. The molecule has 2 aromatic heterocycles. The smallest absolute Gasteiger partial charge is 0.168 e. The Morgan fingerprint density at radius 1 is 1.17 bits per heavy atom. The quantitative estimate of drug-likeness (QED) is 0.719. The Morgan fingerprint density at radius 2 is 1.92 bits per heavy atom. The van der Waals surface area contributed by atoms with Crippen molar-refractivity contribution in [2.45, 2.75) is 31.2 Å². The summed E-state index contributed by atoms with van der Waals surface area (Å²) in [5.41, 5.74) is 11.0. The molecule has 2 heterocycles. The maximum Gasteiger partial charge on any atom is 0.168 e. The Balaban J connectivity index is 1.54. The zero-order chi connectivity index (χ0) is 16.3. The van der Waals surface area contributed by atoms with Crippen LogP contribution < -0.4 is 5.73 Å². The third-order valence-electron chi connectivity index (χ3n) is 5.33. The highest BCUT2D eigenvalue weighted by Crippen LogP contribution is 2.43. The molecular weight excluding hydrogens is 298 g/mol. The zero-order valence-electron chi connectivity index (χ0n) is 13.4. The maximum atomic E-state index is 12.4. The molecule has 0 unspecified atom stereocenters. The first-order valence-corrected chi connectivity index (χ1v) is 8.55. The van der Waals surface area contributed by atoms with Crippen LogP contribution in [-0.4, -0.2) is 15.8 Å². The van der Waals surface area contributed by atoms with Crippen molar-refractivity contribution in [2.75, 3.05) is 0 Å². The molecular formula is C20H19N3O. The summed E-state index contributed by atoms with van der Waals surface area (Å²) < 4.78 is 0. The Bertz CT molecular complexity index is 947. The van der Waals surface area contributed by atoms with E-state index in [0.29, 0.717) is 0 Å². The monoisotopic (exact) mass is 317 g/mol. The highest BCUT2D eigenvalue weighted by molar-refractivity contribution is 6.09. The zero-order valence-corrected chi connectivity index (χ0v) is 13.4. The minimum atomic E-state index is -0.106. The number of H-pyrrole nitrogens is 1. The minimum Gasteiger partial charge on any atom is -0.345 e. The first-order valence-electron chi connectivity index (χ1n) is 8.55. The first-order chi connectivity index (χ1) is 11.6. The molecule has 0 spiro atoms. The summed E-state index contributed by atoms with van der Waals surface area (Å²) in [4.78, 5) is 20.0. The summed E-state index contributed by atoms with van der Waals surface area (Å²) >= 11 is 0. The number of fused-ring (bicyclic) bond motifs is 1. The molecule has 5 rings (SSSR count). The van der Waals surface area contributed by atoms with E-state index < -0.39 is 0 Å². The molecule has 0 aliphatic heterocycles. The van der Waals surface area contributed by atoms with Gasteiger partial charge >= 0.3 is 0 Å². The third-order valence-corrected chi connectivity index (χ3v) is 5.33. The number of carbonyl (C=O) groups excluding carboxylic acids is 1. The van der Waals surface area contributed by atoms with Gasteiger partial charge < -0.3 is 10.7 Å². The number of hydrogen-bond donors (Lipinski definition) is 2. The van der Waals surface area contributed by atoms with Crippen LogP contribution in [0.1, 0.15) is 41.6 Å². The number of aromatic nitrogens is 2. The van der Waals surface area contributed by atoms with E-state index in [1.165, 1.54) is 5.56 Å². The van der Waals surface area contributed by atoms with Crippen LogP contribution in [0.25, 0.3) is 22.2 Å². The number of aromatic amines is 1. The highest BCUT2D eigenvalue weighted by Gasteiger charge is 2.39. The Morgan fingerprint density at radius 3 is 2.58 bits per heavy atom. The Labute approximate surface area is 140 Å². The number of nitrogens with two attached hydrogens (primary N) is 1. The van der Waals surface area contributed by atoms with Crippen LogP contribution >= 0.6 is 0 Å². The van der Waals surface area contributed by atoms with E-state index in [-0.39, 0.29) is 17.2 Å². The van der Waals surface area contributed by atoms with E-state index >= 15 is 0 Å². The molecule has 2 fully saturated rings. The fourth-order valence-electron chi connectivity index (χ4n) is 3.35. The van der Waals surface area contributed by atoms with Gasteiger partial charge in [0.2, 0.25) is 0 Å². The average molecular weight is 317 g/mol. The standard InChI is InChI=1S/C20H19N3O/c21-20(7-8-20)15-5-3-12(4-6-15)14-9-16-17(18(24)13-1-2-13)11-23-19(16)22-10-14/h3-6,9-11,13H,1-2,7-8,21H2,(H,22,23). The van der Waals surface area contributed by atoms with Crippen molar-refractivity contribution in [3.8, 4) is 11.1 Å². The normalized spacial score (nSPS) is 18.7. The lowest BCUT2D eigenvalue weighted by Gasteiger charge is -2.10. The number of rotatable bonds is 4. The maximum absolute atomic E-state index is 12.4. The number of benzene rings is 1. The van der Waals surface area contributed by atoms with Gasteiger partial charge in [-0.1, -0.05) is 24.3 Å². The van der Waals surface area contributed by atoms with Gasteiger partial charge in [0.25, 0.3) is 0 Å². The summed E-state index contributed by atoms with van der Waals surface area (Å²) in [6, 6.07) is 10.5. The molecule has 3 N–H and O–H groups in total. The molecule has 2 aliphatic carbocycles. The summed E-state index contributed by atoms with van der Waals surface area (Å²) in [5, 5.41) is 0.922. The molecule has 0 bridgehead atoms. The number of Topliss-reactive ketones (excluding diaryl/α,β-unsaturated/α-hetero) is 1. The second kappa shape index (κ2) is 4.77. The molecule has 2 aliphatic rings. The van der Waals surface area contributed by atoms with Crippen LogP contribution in [0.3, 0.4) is 0 Å². The van der Waals surface area contributed by atoms with Crippen molar-refractivity contribution < 1.29 is 4.79 Å². The molecule has 2 saturated carbocycles. The number of nitrogens with one attached hydrogen (secondary N) is 1. The number of hydrogen-bond acceptors (Lipinski definition) is 3. The van der Waals surface area contributed by atoms with Crippen molar-refractivity contribution in [3.63, 3.8) is 0 Å². The van der Waals surface area contributed by atoms with Gasteiger partial charge in [0.05, 0.1) is 0 Å². The molecule has 0 saturated heterocycles. The molecule has 24 heavy (non-hydrogen) atoms. The molecule has 120 valence electrons. The van der Waals surface area contributed by atoms with Gasteiger partial charge in [-0.05, 0) is 42.9 Å². The van der Waals surface area contributed by atoms with Crippen LogP contribution in [0.4, 0.5) is 0 Å². The van der Waals surface area contributed by atoms with Crippen LogP contribution in [0, 0.1) is 5.92 Å². The van der Waals surface area contributed by atoms with Crippen molar-refractivity contribution in [1.82, 2.24) is 9.97 Å². The topological polar surface area (TPSA) is 71.8 Å². The second-order valence-electron chi connectivity index (χ2n) is 7.19. The Kier molecular flexibility index (Phi) is 2.77. The summed E-state index contributed by atoms with van der Waals surface area (Å²) in [7, 11) is 0. The largest absolute Gasteiger partial charge is 0.345 e. The van der Waals surface area contributed by atoms with Gasteiger partial charge in [-0.15, -0.1) is 0 Å². The average Bonchev–Trinajstić information content (AvgIpc) is 3.53.